The van der Waals surface area contributed by atoms with E-state index >= 15 is 0 Å². The van der Waals surface area contributed by atoms with Crippen molar-refractivity contribution in [3.05, 3.63) is 0 Å². The average molecular weight is 229 g/mol. The quantitative estimate of drug-likeness (QED) is 0.704. The fourth-order valence-electron chi connectivity index (χ4n) is 1.98. The van der Waals surface area contributed by atoms with Crippen LogP contribution in [0.2, 0.25) is 0 Å². The van der Waals surface area contributed by atoms with Crippen LogP contribution in [0.1, 0.15) is 34.1 Å². The van der Waals surface area contributed by atoms with Crippen LogP contribution in [0.4, 0.5) is 0 Å². The highest BCUT2D eigenvalue weighted by atomic mass is 16.5. The number of ether oxygens (including phenoxy) is 1. The Morgan fingerprint density at radius 2 is 2.12 bits per heavy atom. The molecule has 0 saturated heterocycles. The van der Waals surface area contributed by atoms with Gasteiger partial charge in [0.25, 0.3) is 0 Å². The van der Waals surface area contributed by atoms with Crippen molar-refractivity contribution in [3.8, 4) is 0 Å². The zero-order valence-corrected chi connectivity index (χ0v) is 10.8. The lowest BCUT2D eigenvalue weighted by Gasteiger charge is -2.50. The molecule has 0 amide bonds. The lowest BCUT2D eigenvalue weighted by molar-refractivity contribution is -0.151. The number of nitrogens with one attached hydrogen (secondary N) is 1. The molecule has 4 heteroatoms. The van der Waals surface area contributed by atoms with Gasteiger partial charge in [0.05, 0.1) is 18.6 Å². The van der Waals surface area contributed by atoms with Crippen LogP contribution in [-0.4, -0.2) is 36.9 Å². The van der Waals surface area contributed by atoms with Gasteiger partial charge in [0.1, 0.15) is 0 Å². The summed E-state index contributed by atoms with van der Waals surface area (Å²) in [5.74, 6) is -0.210. The third-order valence-corrected chi connectivity index (χ3v) is 3.74. The minimum Gasteiger partial charge on any atom is -0.469 e. The smallest absolute Gasteiger partial charge is 0.312 e. The molecule has 1 rings (SSSR count). The number of hydrogen-bond donors (Lipinski definition) is 2. The fourth-order valence-corrected chi connectivity index (χ4v) is 1.98. The van der Waals surface area contributed by atoms with Gasteiger partial charge >= 0.3 is 5.97 Å². The highest BCUT2D eigenvalue weighted by Gasteiger charge is 2.47. The lowest BCUT2D eigenvalue weighted by Crippen LogP contribution is -2.61. The second kappa shape index (κ2) is 4.34. The Morgan fingerprint density at radius 3 is 2.50 bits per heavy atom. The van der Waals surface area contributed by atoms with Crippen LogP contribution in [-0.2, 0) is 9.53 Å². The van der Waals surface area contributed by atoms with Crippen molar-refractivity contribution in [2.24, 2.45) is 10.8 Å². The third kappa shape index (κ3) is 2.38. The molecule has 1 aliphatic rings. The number of rotatable bonds is 4. The molecule has 0 aromatic heterocycles. The van der Waals surface area contributed by atoms with E-state index in [1.807, 2.05) is 27.7 Å². The third-order valence-electron chi connectivity index (χ3n) is 3.74. The molecule has 1 saturated carbocycles. The summed E-state index contributed by atoms with van der Waals surface area (Å²) < 4.78 is 4.74. The molecule has 2 atom stereocenters. The molecule has 1 aliphatic carbocycles. The number of hydrogen-bond acceptors (Lipinski definition) is 4. The highest BCUT2D eigenvalue weighted by Crippen LogP contribution is 2.40. The first-order chi connectivity index (χ1) is 7.21. The standard InChI is InChI=1S/C12H23NO3/c1-11(2,10(15)16-5)7-13-8-6-9(14)12(8,3)4/h8-9,13-14H,6-7H2,1-5H3. The molecule has 94 valence electrons. The van der Waals surface area contributed by atoms with Gasteiger partial charge in [0, 0.05) is 18.0 Å². The molecule has 16 heavy (non-hydrogen) atoms. The largest absolute Gasteiger partial charge is 0.469 e. The molecule has 0 aromatic rings. The van der Waals surface area contributed by atoms with E-state index in [1.54, 1.807) is 0 Å². The van der Waals surface area contributed by atoms with Crippen molar-refractivity contribution in [1.29, 1.82) is 0 Å². The maximum Gasteiger partial charge on any atom is 0.312 e. The molecular formula is C12H23NO3. The molecule has 2 N–H and O–H groups in total. The molecule has 2 unspecified atom stereocenters. The van der Waals surface area contributed by atoms with Crippen LogP contribution in [0.5, 0.6) is 0 Å². The highest BCUT2D eigenvalue weighted by molar-refractivity contribution is 5.76. The SMILES string of the molecule is COC(=O)C(C)(C)CNC1CC(O)C1(C)C. The first-order valence-corrected chi connectivity index (χ1v) is 5.71. The maximum atomic E-state index is 11.5. The minimum atomic E-state index is -0.522. The van der Waals surface area contributed by atoms with Crippen molar-refractivity contribution in [3.63, 3.8) is 0 Å². The van der Waals surface area contributed by atoms with Gasteiger partial charge in [-0.05, 0) is 20.3 Å². The van der Waals surface area contributed by atoms with Gasteiger partial charge in [-0.25, -0.2) is 0 Å². The Morgan fingerprint density at radius 1 is 1.56 bits per heavy atom. The predicted octanol–water partition coefficient (Wildman–Crippen LogP) is 0.935. The summed E-state index contributed by atoms with van der Waals surface area (Å²) in [5, 5.41) is 12.9. The summed E-state index contributed by atoms with van der Waals surface area (Å²) in [4.78, 5) is 11.5. The molecule has 0 bridgehead atoms. The van der Waals surface area contributed by atoms with Gasteiger partial charge in [0.15, 0.2) is 0 Å². The second-order valence-corrected chi connectivity index (χ2v) is 5.88. The number of aliphatic hydroxyl groups excluding tert-OH is 1. The van der Waals surface area contributed by atoms with Crippen molar-refractivity contribution in [2.45, 2.75) is 46.3 Å². The number of methoxy groups -OCH3 is 1. The van der Waals surface area contributed by atoms with Crippen LogP contribution in [0.15, 0.2) is 0 Å². The Balaban J connectivity index is 2.44. The van der Waals surface area contributed by atoms with Crippen molar-refractivity contribution in [2.75, 3.05) is 13.7 Å². The number of carbonyl (C=O) groups excluding carboxylic acids is 1. The summed E-state index contributed by atoms with van der Waals surface area (Å²) in [7, 11) is 1.40. The summed E-state index contributed by atoms with van der Waals surface area (Å²) in [6, 6.07) is 0.270. The number of esters is 1. The van der Waals surface area contributed by atoms with Crippen LogP contribution in [0, 0.1) is 10.8 Å². The zero-order valence-electron chi connectivity index (χ0n) is 10.8. The van der Waals surface area contributed by atoms with Crippen LogP contribution in [0.25, 0.3) is 0 Å². The Bertz CT molecular complexity index is 273. The summed E-state index contributed by atoms with van der Waals surface area (Å²) in [6.45, 7) is 8.34. The predicted molar refractivity (Wildman–Crippen MR) is 62.0 cm³/mol. The van der Waals surface area contributed by atoms with E-state index in [0.717, 1.165) is 6.42 Å². The molecule has 0 heterocycles. The molecule has 0 aliphatic heterocycles. The number of carbonyl (C=O) groups is 1. The molecule has 1 fully saturated rings. The molecule has 0 aromatic carbocycles. The lowest BCUT2D eigenvalue weighted by atomic mass is 9.64. The monoisotopic (exact) mass is 229 g/mol. The van der Waals surface area contributed by atoms with E-state index in [1.165, 1.54) is 7.11 Å². The molecule has 0 radical (unpaired) electrons. The zero-order chi connectivity index (χ0) is 12.6. The Hall–Kier alpha value is -0.610. The first-order valence-electron chi connectivity index (χ1n) is 5.71. The van der Waals surface area contributed by atoms with Gasteiger partial charge in [-0.15, -0.1) is 0 Å². The van der Waals surface area contributed by atoms with Crippen molar-refractivity contribution < 1.29 is 14.6 Å². The van der Waals surface area contributed by atoms with E-state index in [4.69, 9.17) is 4.74 Å². The van der Waals surface area contributed by atoms with E-state index in [-0.39, 0.29) is 23.5 Å². The average Bonchev–Trinajstić information content (AvgIpc) is 2.22. The number of aliphatic hydroxyl groups is 1. The minimum absolute atomic E-state index is 0.105. The van der Waals surface area contributed by atoms with Gasteiger partial charge in [0.2, 0.25) is 0 Å². The Kier molecular flexibility index (Phi) is 3.65. The normalized spacial score (nSPS) is 28.4. The molecular weight excluding hydrogens is 206 g/mol. The van der Waals surface area contributed by atoms with Crippen molar-refractivity contribution >= 4 is 5.97 Å². The van der Waals surface area contributed by atoms with Gasteiger partial charge in [-0.3, -0.25) is 4.79 Å². The molecule has 0 spiro atoms. The van der Waals surface area contributed by atoms with E-state index < -0.39 is 5.41 Å². The summed E-state index contributed by atoms with van der Waals surface area (Å²) >= 11 is 0. The van der Waals surface area contributed by atoms with E-state index in [2.05, 4.69) is 5.32 Å². The van der Waals surface area contributed by atoms with Gasteiger partial charge in [-0.2, -0.15) is 0 Å². The maximum absolute atomic E-state index is 11.5. The van der Waals surface area contributed by atoms with Gasteiger partial charge < -0.3 is 15.2 Å². The van der Waals surface area contributed by atoms with Crippen LogP contribution >= 0.6 is 0 Å². The van der Waals surface area contributed by atoms with Crippen LogP contribution in [0.3, 0.4) is 0 Å². The summed E-state index contributed by atoms with van der Waals surface area (Å²) in [5.41, 5.74) is -0.627. The topological polar surface area (TPSA) is 58.6 Å². The van der Waals surface area contributed by atoms with Gasteiger partial charge in [-0.1, -0.05) is 13.8 Å². The fraction of sp³-hybridized carbons (Fsp3) is 0.917. The first kappa shape index (κ1) is 13.5. The Labute approximate surface area is 97.4 Å². The van der Waals surface area contributed by atoms with E-state index in [9.17, 15) is 9.90 Å². The van der Waals surface area contributed by atoms with Crippen molar-refractivity contribution in [1.82, 2.24) is 5.32 Å². The van der Waals surface area contributed by atoms with Crippen LogP contribution < -0.4 is 5.32 Å². The summed E-state index contributed by atoms with van der Waals surface area (Å²) in [6.07, 6.45) is 0.510. The van der Waals surface area contributed by atoms with E-state index in [0.29, 0.717) is 6.54 Å². The molecule has 4 nitrogen and oxygen atoms in total. The second-order valence-electron chi connectivity index (χ2n) is 5.88.